The molecule has 0 saturated carbocycles. The van der Waals surface area contributed by atoms with Gasteiger partial charge in [0.25, 0.3) is 0 Å². The van der Waals surface area contributed by atoms with E-state index in [0.717, 1.165) is 24.2 Å². The van der Waals surface area contributed by atoms with Gasteiger partial charge in [0.2, 0.25) is 0 Å². The van der Waals surface area contributed by atoms with Gasteiger partial charge in [-0.15, -0.1) is 0 Å². The van der Waals surface area contributed by atoms with Crippen molar-refractivity contribution in [3.8, 4) is 0 Å². The molecule has 4 heteroatoms. The lowest BCUT2D eigenvalue weighted by Crippen LogP contribution is -2.18. The largest absolute Gasteiger partial charge is 0.399 e. The third-order valence-electron chi connectivity index (χ3n) is 3.62. The summed E-state index contributed by atoms with van der Waals surface area (Å²) in [7, 11) is 3.54. The maximum absolute atomic E-state index is 12.3. The number of hydrogen-bond acceptors (Lipinski definition) is 4. The molecule has 0 radical (unpaired) electrons. The molecule has 0 amide bonds. The zero-order chi connectivity index (χ0) is 15.5. The first-order valence-electron chi connectivity index (χ1n) is 7.04. The highest BCUT2D eigenvalue weighted by Crippen LogP contribution is 2.35. The highest BCUT2D eigenvalue weighted by molar-refractivity contribution is 6.05. The number of ketones is 1. The predicted octanol–water partition coefficient (Wildman–Crippen LogP) is 3.10. The second-order valence-electron chi connectivity index (χ2n) is 6.24. The van der Waals surface area contributed by atoms with E-state index in [9.17, 15) is 4.79 Å². The van der Waals surface area contributed by atoms with Gasteiger partial charge in [0.1, 0.15) is 7.11 Å². The highest BCUT2D eigenvalue weighted by atomic mass is 16.6. The van der Waals surface area contributed by atoms with Crippen molar-refractivity contribution in [2.24, 2.45) is 10.6 Å². The Kier molecular flexibility index (Phi) is 4.46. The lowest BCUT2D eigenvalue weighted by Gasteiger charge is -2.16. The van der Waals surface area contributed by atoms with E-state index in [1.807, 2.05) is 31.3 Å². The highest BCUT2D eigenvalue weighted by Gasteiger charge is 2.30. The summed E-state index contributed by atoms with van der Waals surface area (Å²) in [6, 6.07) is 7.35. The van der Waals surface area contributed by atoms with Crippen LogP contribution in [0.15, 0.2) is 41.2 Å². The number of allylic oxidation sites excluding steroid dienone is 2. The second-order valence-corrected chi connectivity index (χ2v) is 6.24. The van der Waals surface area contributed by atoms with Crippen LogP contribution in [0.2, 0.25) is 0 Å². The van der Waals surface area contributed by atoms with Gasteiger partial charge in [-0.05, 0) is 17.4 Å². The minimum Gasteiger partial charge on any atom is -0.399 e. The number of rotatable bonds is 4. The number of carbonyl (C=O) groups excluding carboxylic acids is 1. The Bertz CT molecular complexity index is 571. The molecule has 0 aromatic heterocycles. The van der Waals surface area contributed by atoms with Crippen molar-refractivity contribution in [3.05, 3.63) is 47.2 Å². The Balaban J connectivity index is 2.12. The monoisotopic (exact) mass is 286 g/mol. The average molecular weight is 286 g/mol. The summed E-state index contributed by atoms with van der Waals surface area (Å²) in [4.78, 5) is 19.1. The van der Waals surface area contributed by atoms with E-state index in [2.05, 4.69) is 28.7 Å². The third kappa shape index (κ3) is 3.94. The van der Waals surface area contributed by atoms with Crippen molar-refractivity contribution in [2.75, 3.05) is 20.7 Å². The zero-order valence-corrected chi connectivity index (χ0v) is 13.1. The molecule has 1 aromatic carbocycles. The number of oxime groups is 1. The van der Waals surface area contributed by atoms with Crippen LogP contribution in [0.1, 0.15) is 36.2 Å². The van der Waals surface area contributed by atoms with Gasteiger partial charge in [-0.25, -0.2) is 0 Å². The van der Waals surface area contributed by atoms with Crippen molar-refractivity contribution in [1.29, 1.82) is 0 Å². The van der Waals surface area contributed by atoms with Gasteiger partial charge in [0, 0.05) is 30.9 Å². The fourth-order valence-corrected chi connectivity index (χ4v) is 2.67. The zero-order valence-electron chi connectivity index (χ0n) is 13.1. The van der Waals surface area contributed by atoms with Crippen molar-refractivity contribution < 1.29 is 9.63 Å². The Morgan fingerprint density at radius 1 is 1.33 bits per heavy atom. The summed E-state index contributed by atoms with van der Waals surface area (Å²) >= 11 is 0. The number of nitrogens with zero attached hydrogens (tertiary/aromatic N) is 2. The standard InChI is InChI=1S/C17H22N2O2/c1-17(2)10-15(19(3)12-17)9-16(20)14-7-5-13(6-8-14)11-18-21-4/h5-9,11H,10,12H2,1-4H3/b15-9+,18-11+. The van der Waals surface area contributed by atoms with Crippen LogP contribution in [0, 0.1) is 5.41 Å². The van der Waals surface area contributed by atoms with Crippen molar-refractivity contribution in [1.82, 2.24) is 4.90 Å². The van der Waals surface area contributed by atoms with Crippen LogP contribution in [0.3, 0.4) is 0 Å². The first-order chi connectivity index (χ1) is 9.91. The summed E-state index contributed by atoms with van der Waals surface area (Å²) in [5, 5.41) is 3.70. The molecule has 0 spiro atoms. The quantitative estimate of drug-likeness (QED) is 0.370. The number of carbonyl (C=O) groups is 1. The molecule has 0 unspecified atom stereocenters. The molecule has 1 saturated heterocycles. The van der Waals surface area contributed by atoms with E-state index in [1.54, 1.807) is 12.3 Å². The molecule has 1 fully saturated rings. The summed E-state index contributed by atoms with van der Waals surface area (Å²) < 4.78 is 0. The molecular formula is C17H22N2O2. The Labute approximate surface area is 126 Å². The van der Waals surface area contributed by atoms with Crippen LogP contribution in [0.25, 0.3) is 0 Å². The SMILES string of the molecule is CO/N=C/c1ccc(C(=O)/C=C2\CC(C)(C)CN2C)cc1. The minimum absolute atomic E-state index is 0.0461. The lowest BCUT2D eigenvalue weighted by atomic mass is 9.92. The second kappa shape index (κ2) is 6.12. The molecule has 0 N–H and O–H groups in total. The van der Waals surface area contributed by atoms with Crippen LogP contribution in [0.4, 0.5) is 0 Å². The van der Waals surface area contributed by atoms with Gasteiger partial charge < -0.3 is 9.74 Å². The van der Waals surface area contributed by atoms with Crippen LogP contribution in [-0.2, 0) is 4.84 Å². The van der Waals surface area contributed by atoms with E-state index in [0.29, 0.717) is 5.56 Å². The van der Waals surface area contributed by atoms with Gasteiger partial charge >= 0.3 is 0 Å². The van der Waals surface area contributed by atoms with Crippen LogP contribution < -0.4 is 0 Å². The Morgan fingerprint density at radius 3 is 2.52 bits per heavy atom. The number of hydrogen-bond donors (Lipinski definition) is 0. The fourth-order valence-electron chi connectivity index (χ4n) is 2.67. The van der Waals surface area contributed by atoms with E-state index in [-0.39, 0.29) is 11.2 Å². The van der Waals surface area contributed by atoms with Crippen molar-refractivity contribution >= 4 is 12.0 Å². The van der Waals surface area contributed by atoms with E-state index >= 15 is 0 Å². The molecule has 1 aliphatic rings. The van der Waals surface area contributed by atoms with Crippen molar-refractivity contribution in [3.63, 3.8) is 0 Å². The van der Waals surface area contributed by atoms with E-state index in [1.165, 1.54) is 7.11 Å². The molecule has 1 heterocycles. The van der Waals surface area contributed by atoms with Gasteiger partial charge in [-0.3, -0.25) is 4.79 Å². The summed E-state index contributed by atoms with van der Waals surface area (Å²) in [5.41, 5.74) is 2.94. The molecule has 21 heavy (non-hydrogen) atoms. The van der Waals surface area contributed by atoms with Gasteiger partial charge in [0.05, 0.1) is 6.21 Å². The van der Waals surface area contributed by atoms with Crippen LogP contribution in [-0.4, -0.2) is 37.6 Å². The topological polar surface area (TPSA) is 41.9 Å². The number of likely N-dealkylation sites (tertiary alicyclic amines) is 1. The predicted molar refractivity (Wildman–Crippen MR) is 84.5 cm³/mol. The van der Waals surface area contributed by atoms with E-state index < -0.39 is 0 Å². The molecule has 0 atom stereocenters. The average Bonchev–Trinajstić information content (AvgIpc) is 2.69. The molecule has 112 valence electrons. The number of benzene rings is 1. The minimum atomic E-state index is 0.0461. The maximum Gasteiger partial charge on any atom is 0.187 e. The summed E-state index contributed by atoms with van der Waals surface area (Å²) in [6.45, 7) is 5.43. The molecule has 1 aliphatic heterocycles. The van der Waals surface area contributed by atoms with Gasteiger partial charge in [-0.2, -0.15) is 0 Å². The molecule has 0 bridgehead atoms. The van der Waals surface area contributed by atoms with Crippen LogP contribution in [0.5, 0.6) is 0 Å². The van der Waals surface area contributed by atoms with E-state index in [4.69, 9.17) is 0 Å². The first kappa shape index (κ1) is 15.3. The Morgan fingerprint density at radius 2 is 2.00 bits per heavy atom. The van der Waals surface area contributed by atoms with Crippen molar-refractivity contribution in [2.45, 2.75) is 20.3 Å². The lowest BCUT2D eigenvalue weighted by molar-refractivity contribution is 0.104. The smallest absolute Gasteiger partial charge is 0.187 e. The summed E-state index contributed by atoms with van der Waals surface area (Å²) in [5.74, 6) is 0.0461. The molecular weight excluding hydrogens is 264 g/mol. The normalized spacial score (nSPS) is 19.4. The maximum atomic E-state index is 12.3. The third-order valence-corrected chi connectivity index (χ3v) is 3.62. The molecule has 4 nitrogen and oxygen atoms in total. The van der Waals surface area contributed by atoms with Crippen LogP contribution >= 0.6 is 0 Å². The summed E-state index contributed by atoms with van der Waals surface area (Å²) in [6.07, 6.45) is 4.31. The van der Waals surface area contributed by atoms with Gasteiger partial charge in [-0.1, -0.05) is 43.3 Å². The molecule has 1 aromatic rings. The van der Waals surface area contributed by atoms with Gasteiger partial charge in [0.15, 0.2) is 5.78 Å². The molecule has 2 rings (SSSR count). The fraction of sp³-hybridized carbons (Fsp3) is 0.412. The first-order valence-corrected chi connectivity index (χ1v) is 7.04. The molecule has 0 aliphatic carbocycles. The Hall–Kier alpha value is -2.10.